The predicted molar refractivity (Wildman–Crippen MR) is 168 cm³/mol. The molecular formula is C31H56ClFN8O2. The fourth-order valence-electron chi connectivity index (χ4n) is 8.42. The highest BCUT2D eigenvalue weighted by Crippen LogP contribution is 2.37. The van der Waals surface area contributed by atoms with Gasteiger partial charge in [0.25, 0.3) is 0 Å². The van der Waals surface area contributed by atoms with E-state index in [9.17, 15) is 14.0 Å². The van der Waals surface area contributed by atoms with E-state index in [1.807, 2.05) is 0 Å². The number of nitrogens with zero attached hydrogens (tertiary/aromatic N) is 3. The van der Waals surface area contributed by atoms with E-state index in [0.29, 0.717) is 37.9 Å². The Hall–Kier alpha value is -1.08. The molecular weight excluding hydrogens is 571 g/mol. The Balaban J connectivity index is 1.23. The van der Waals surface area contributed by atoms with E-state index in [4.69, 9.17) is 23.1 Å². The van der Waals surface area contributed by atoms with E-state index in [2.05, 4.69) is 44.5 Å². The molecule has 6 rings (SSSR count). The second-order valence-electron chi connectivity index (χ2n) is 14.3. The van der Waals surface area contributed by atoms with Crippen molar-refractivity contribution in [3.8, 4) is 0 Å². The lowest BCUT2D eigenvalue weighted by atomic mass is 9.73. The molecule has 6 aliphatic rings. The van der Waals surface area contributed by atoms with Gasteiger partial charge in [-0.25, -0.2) is 4.39 Å². The molecule has 6 heterocycles. The number of halogens is 2. The third-order valence-electron chi connectivity index (χ3n) is 11.4. The smallest absolute Gasteiger partial charge is 0.227 e. The number of carbonyl (C=O) groups is 2. The van der Waals surface area contributed by atoms with Crippen LogP contribution in [0.3, 0.4) is 0 Å². The summed E-state index contributed by atoms with van der Waals surface area (Å²) < 4.78 is 14.6. The van der Waals surface area contributed by atoms with Gasteiger partial charge in [0, 0.05) is 69.9 Å². The first-order valence-corrected chi connectivity index (χ1v) is 17.3. The van der Waals surface area contributed by atoms with Crippen LogP contribution in [-0.4, -0.2) is 127 Å². The van der Waals surface area contributed by atoms with Crippen LogP contribution in [0.1, 0.15) is 65.2 Å². The van der Waals surface area contributed by atoms with Gasteiger partial charge in [-0.2, -0.15) is 0 Å². The molecule has 0 aliphatic carbocycles. The fraction of sp³-hybridized carbons (Fsp3) is 0.935. The molecule has 0 aromatic heterocycles. The molecule has 12 heteroatoms. The molecule has 7 N–H and O–H groups in total. The molecule has 2 amide bonds. The van der Waals surface area contributed by atoms with Crippen molar-refractivity contribution >= 4 is 23.4 Å². The Morgan fingerprint density at radius 1 is 1.02 bits per heavy atom. The SMILES string of the molecule is CCC1(C)CCC(F)CNC(C(C(=O)NC2CNCC(Cl)C2N2CCC(C(=O)N3CCN4CCC3CC4)CC2)C(N)N)C1. The van der Waals surface area contributed by atoms with Gasteiger partial charge in [0.05, 0.1) is 23.5 Å². The van der Waals surface area contributed by atoms with E-state index in [0.717, 1.165) is 77.8 Å². The minimum absolute atomic E-state index is 0.0455. The van der Waals surface area contributed by atoms with Crippen LogP contribution in [-0.2, 0) is 9.59 Å². The predicted octanol–water partition coefficient (Wildman–Crippen LogP) is 0.825. The van der Waals surface area contributed by atoms with Crippen LogP contribution in [0, 0.1) is 17.3 Å². The van der Waals surface area contributed by atoms with Gasteiger partial charge in [-0.05, 0) is 63.5 Å². The van der Waals surface area contributed by atoms with Crippen molar-refractivity contribution in [2.24, 2.45) is 28.7 Å². The summed E-state index contributed by atoms with van der Waals surface area (Å²) in [5.74, 6) is -0.534. The number of nitrogens with one attached hydrogen (secondary N) is 3. The summed E-state index contributed by atoms with van der Waals surface area (Å²) in [7, 11) is 0. The van der Waals surface area contributed by atoms with Crippen LogP contribution in [0.15, 0.2) is 0 Å². The van der Waals surface area contributed by atoms with Gasteiger partial charge >= 0.3 is 0 Å². The number of piperidine rings is 3. The van der Waals surface area contributed by atoms with Crippen LogP contribution >= 0.6 is 11.6 Å². The summed E-state index contributed by atoms with van der Waals surface area (Å²) >= 11 is 6.94. The second kappa shape index (κ2) is 14.6. The summed E-state index contributed by atoms with van der Waals surface area (Å²) in [5.41, 5.74) is 12.4. The maximum absolute atomic E-state index is 14.6. The van der Waals surface area contributed by atoms with Gasteiger partial charge < -0.3 is 37.2 Å². The number of amides is 2. The van der Waals surface area contributed by atoms with Gasteiger partial charge in [0.2, 0.25) is 11.8 Å². The van der Waals surface area contributed by atoms with Crippen molar-refractivity contribution in [2.75, 3.05) is 58.9 Å². The molecule has 7 unspecified atom stereocenters. The van der Waals surface area contributed by atoms with E-state index < -0.39 is 18.3 Å². The fourth-order valence-corrected chi connectivity index (χ4v) is 8.86. The molecule has 0 saturated carbocycles. The van der Waals surface area contributed by atoms with Crippen LogP contribution in [0.2, 0.25) is 0 Å². The molecule has 6 saturated heterocycles. The molecule has 6 aliphatic heterocycles. The van der Waals surface area contributed by atoms with Crippen molar-refractivity contribution < 1.29 is 14.0 Å². The molecule has 10 nitrogen and oxygen atoms in total. The monoisotopic (exact) mass is 626 g/mol. The third-order valence-corrected chi connectivity index (χ3v) is 11.8. The number of likely N-dealkylation sites (tertiary alicyclic amines) is 1. The first-order chi connectivity index (χ1) is 20.6. The van der Waals surface area contributed by atoms with Crippen molar-refractivity contribution in [2.45, 2.75) is 107 Å². The minimum atomic E-state index is -0.961. The number of fused-ring (bicyclic) bond motifs is 4. The van der Waals surface area contributed by atoms with Gasteiger partial charge in [-0.15, -0.1) is 11.6 Å². The summed E-state index contributed by atoms with van der Waals surface area (Å²) in [6.45, 7) is 11.3. The lowest BCUT2D eigenvalue weighted by Gasteiger charge is -2.47. The average Bonchev–Trinajstić information content (AvgIpc) is 3.32. The zero-order valence-electron chi connectivity index (χ0n) is 26.3. The van der Waals surface area contributed by atoms with Crippen molar-refractivity contribution in [1.29, 1.82) is 0 Å². The molecule has 0 aromatic carbocycles. The van der Waals surface area contributed by atoms with Crippen molar-refractivity contribution in [1.82, 2.24) is 30.7 Å². The van der Waals surface area contributed by atoms with E-state index in [1.54, 1.807) is 0 Å². The maximum Gasteiger partial charge on any atom is 0.227 e. The molecule has 0 aromatic rings. The second-order valence-corrected chi connectivity index (χ2v) is 14.9. The lowest BCUT2D eigenvalue weighted by molar-refractivity contribution is -0.139. The maximum atomic E-state index is 14.6. The number of rotatable bonds is 7. The first kappa shape index (κ1) is 33.3. The van der Waals surface area contributed by atoms with E-state index in [1.165, 1.54) is 0 Å². The van der Waals surface area contributed by atoms with Crippen LogP contribution in [0.4, 0.5) is 4.39 Å². The largest absolute Gasteiger partial charge is 0.350 e. The number of hydrogen-bond acceptors (Lipinski definition) is 8. The summed E-state index contributed by atoms with van der Waals surface area (Å²) in [5, 5.41) is 9.78. The summed E-state index contributed by atoms with van der Waals surface area (Å²) in [6, 6.07) is -0.230. The Bertz CT molecular complexity index is 947. The highest BCUT2D eigenvalue weighted by Gasteiger charge is 2.44. The van der Waals surface area contributed by atoms with Crippen LogP contribution in [0.25, 0.3) is 0 Å². The third kappa shape index (κ3) is 7.84. The lowest BCUT2D eigenvalue weighted by Crippen LogP contribution is -2.67. The molecule has 0 radical (unpaired) electrons. The Morgan fingerprint density at radius 2 is 1.74 bits per heavy atom. The van der Waals surface area contributed by atoms with Gasteiger partial charge in [-0.1, -0.05) is 20.3 Å². The van der Waals surface area contributed by atoms with Gasteiger partial charge in [-0.3, -0.25) is 14.5 Å². The van der Waals surface area contributed by atoms with Gasteiger partial charge in [0.1, 0.15) is 6.17 Å². The van der Waals surface area contributed by atoms with Crippen molar-refractivity contribution in [3.63, 3.8) is 0 Å². The molecule has 2 bridgehead atoms. The molecule has 6 fully saturated rings. The zero-order chi connectivity index (χ0) is 30.7. The summed E-state index contributed by atoms with van der Waals surface area (Å²) in [4.78, 5) is 34.6. The topological polar surface area (TPSA) is 132 Å². The number of hydrogen-bond donors (Lipinski definition) is 5. The van der Waals surface area contributed by atoms with E-state index in [-0.39, 0.29) is 47.3 Å². The minimum Gasteiger partial charge on any atom is -0.350 e. The highest BCUT2D eigenvalue weighted by atomic mass is 35.5. The molecule has 246 valence electrons. The Kier molecular flexibility index (Phi) is 11.3. The standard InChI is InChI=1S/C31H56ClFN8O2/c1-3-31(2)9-4-21(33)17-37-24(16-31)26(28(34)35)29(42)38-25-19-36-18-23(32)27(25)40-12-5-20(6-13-40)30(43)41-15-14-39-10-7-22(41)8-11-39/h20-28,36-37H,3-19,34-35H2,1-2H3,(H,38,42). The number of alkyl halides is 2. The molecule has 43 heavy (non-hydrogen) atoms. The Morgan fingerprint density at radius 3 is 2.42 bits per heavy atom. The first-order valence-electron chi connectivity index (χ1n) is 16.9. The van der Waals surface area contributed by atoms with Gasteiger partial charge in [0.15, 0.2) is 0 Å². The van der Waals surface area contributed by atoms with Crippen LogP contribution < -0.4 is 27.4 Å². The highest BCUT2D eigenvalue weighted by molar-refractivity contribution is 6.21. The van der Waals surface area contributed by atoms with Crippen molar-refractivity contribution in [3.05, 3.63) is 0 Å². The zero-order valence-corrected chi connectivity index (χ0v) is 27.0. The quantitative estimate of drug-likeness (QED) is 0.207. The number of nitrogens with two attached hydrogens (primary N) is 2. The Labute approximate surface area is 262 Å². The van der Waals surface area contributed by atoms with Crippen LogP contribution in [0.5, 0.6) is 0 Å². The number of carbonyl (C=O) groups excluding carboxylic acids is 2. The molecule has 7 atom stereocenters. The van der Waals surface area contributed by atoms with E-state index >= 15 is 0 Å². The molecule has 0 spiro atoms. The average molecular weight is 627 g/mol. The summed E-state index contributed by atoms with van der Waals surface area (Å²) in [6.07, 6.45) is 4.84. The normalized spacial score (nSPS) is 39.1.